The molecule has 0 saturated heterocycles. The van der Waals surface area contributed by atoms with Gasteiger partial charge in [-0.3, -0.25) is 0 Å². The fourth-order valence-corrected chi connectivity index (χ4v) is 9.28. The zero-order valence-corrected chi connectivity index (χ0v) is 36.8. The smallest absolute Gasteiger partial charge is 0.194 e. The van der Waals surface area contributed by atoms with Crippen molar-refractivity contribution in [2.24, 2.45) is 0 Å². The van der Waals surface area contributed by atoms with E-state index in [-0.39, 0.29) is 0 Å². The van der Waals surface area contributed by atoms with Crippen molar-refractivity contribution < 1.29 is 0 Å². The Hall–Kier alpha value is -10.2. The van der Waals surface area contributed by atoms with Crippen LogP contribution in [0.2, 0.25) is 0 Å². The van der Waals surface area contributed by atoms with Gasteiger partial charge >= 0.3 is 0 Å². The average molecular weight is 878 g/mol. The molecule has 318 valence electrons. The van der Waals surface area contributed by atoms with Crippen LogP contribution in [0.3, 0.4) is 0 Å². The van der Waals surface area contributed by atoms with Crippen molar-refractivity contribution in [2.75, 3.05) is 0 Å². The average Bonchev–Trinajstić information content (AvgIpc) is 3.75. The van der Waals surface area contributed by atoms with Gasteiger partial charge in [-0.05, 0) is 100 Å². The summed E-state index contributed by atoms with van der Waals surface area (Å²) in [7, 11) is 0. The molecule has 0 bridgehead atoms. The molecular formula is C62H35N7. The van der Waals surface area contributed by atoms with Gasteiger partial charge in [-0.2, -0.15) is 10.5 Å². The topological polar surface area (TPSA) is 87.0 Å². The minimum Gasteiger partial charge on any atom is -0.308 e. The number of nitriles is 2. The molecule has 0 atom stereocenters. The van der Waals surface area contributed by atoms with Gasteiger partial charge in [0.15, 0.2) is 17.2 Å². The Morgan fingerprint density at radius 2 is 0.942 bits per heavy atom. The molecule has 7 heteroatoms. The maximum atomic E-state index is 10.3. The lowest BCUT2D eigenvalue weighted by Gasteiger charge is -2.21. The van der Waals surface area contributed by atoms with E-state index in [1.54, 1.807) is 12.1 Å². The minimum absolute atomic E-state index is 0.483. The standard InChI is InChI=1S/C62H35N7/c1-65-49-23-14-22-44(32-49)53-36-48(62-67-57(41-16-5-3-6-17-41)37-58(68-62)42-18-7-4-8-19-42)35-52(43-21-13-15-40(31-43)38-63)61(53)69-59-29-27-45(50-24-10-9-20-47(50)39-64)33-54(59)55-34-46(28-30-60(55)69)51-25-11-12-26-56(51)66-2/h3-37H. The molecule has 0 N–H and O–H groups in total. The van der Waals surface area contributed by atoms with Gasteiger partial charge in [0, 0.05) is 38.6 Å². The van der Waals surface area contributed by atoms with Crippen LogP contribution in [0.4, 0.5) is 11.4 Å². The summed E-state index contributed by atoms with van der Waals surface area (Å²) < 4.78 is 2.27. The predicted molar refractivity (Wildman–Crippen MR) is 276 cm³/mol. The maximum Gasteiger partial charge on any atom is 0.194 e. The third-order valence-corrected chi connectivity index (χ3v) is 12.5. The first-order chi connectivity index (χ1) is 34.0. The number of hydrogen-bond donors (Lipinski definition) is 0. The van der Waals surface area contributed by atoms with Crippen LogP contribution in [0.15, 0.2) is 212 Å². The van der Waals surface area contributed by atoms with E-state index in [1.165, 1.54) is 0 Å². The second-order valence-electron chi connectivity index (χ2n) is 16.6. The van der Waals surface area contributed by atoms with Crippen LogP contribution in [0.5, 0.6) is 0 Å². The highest BCUT2D eigenvalue weighted by Gasteiger charge is 2.24. The minimum atomic E-state index is 0.483. The lowest BCUT2D eigenvalue weighted by atomic mass is 9.91. The largest absolute Gasteiger partial charge is 0.308 e. The summed E-state index contributed by atoms with van der Waals surface area (Å²) in [6.07, 6.45) is 0. The van der Waals surface area contributed by atoms with E-state index in [9.17, 15) is 10.5 Å². The molecule has 0 fully saturated rings. The number of benzene rings is 9. The highest BCUT2D eigenvalue weighted by Crippen LogP contribution is 2.46. The zero-order chi connectivity index (χ0) is 46.8. The summed E-state index contributed by atoms with van der Waals surface area (Å²) in [5.74, 6) is 0.508. The van der Waals surface area contributed by atoms with Gasteiger partial charge in [0.2, 0.25) is 0 Å². The van der Waals surface area contributed by atoms with Crippen LogP contribution < -0.4 is 0 Å². The summed E-state index contributed by atoms with van der Waals surface area (Å²) in [6, 6.07) is 74.3. The fourth-order valence-electron chi connectivity index (χ4n) is 9.28. The molecule has 11 rings (SSSR count). The summed E-state index contributed by atoms with van der Waals surface area (Å²) in [5, 5.41) is 22.4. The molecule has 2 heterocycles. The van der Waals surface area contributed by atoms with Crippen LogP contribution in [-0.4, -0.2) is 14.5 Å². The number of hydrogen-bond acceptors (Lipinski definition) is 4. The van der Waals surface area contributed by atoms with Crippen molar-refractivity contribution in [3.8, 4) is 96.2 Å². The Bertz CT molecular complexity index is 3760. The monoisotopic (exact) mass is 877 g/mol. The van der Waals surface area contributed by atoms with E-state index in [1.807, 2.05) is 152 Å². The number of rotatable bonds is 8. The first kappa shape index (κ1) is 41.5. The van der Waals surface area contributed by atoms with Gasteiger partial charge in [-0.15, -0.1) is 0 Å². The lowest BCUT2D eigenvalue weighted by molar-refractivity contribution is 1.17. The molecule has 0 unspecified atom stereocenters. The Balaban J connectivity index is 1.28. The maximum absolute atomic E-state index is 10.3. The molecule has 7 nitrogen and oxygen atoms in total. The molecule has 0 spiro atoms. The van der Waals surface area contributed by atoms with Gasteiger partial charge in [0.1, 0.15) is 0 Å². The number of para-hydroxylation sites is 1. The normalized spacial score (nSPS) is 10.8. The fraction of sp³-hybridized carbons (Fsp3) is 0. The quantitative estimate of drug-likeness (QED) is 0.142. The second-order valence-corrected chi connectivity index (χ2v) is 16.6. The van der Waals surface area contributed by atoms with Crippen LogP contribution >= 0.6 is 0 Å². The van der Waals surface area contributed by atoms with E-state index in [0.717, 1.165) is 100 Å². The molecule has 2 aromatic heterocycles. The zero-order valence-electron chi connectivity index (χ0n) is 36.8. The van der Waals surface area contributed by atoms with E-state index < -0.39 is 0 Å². The van der Waals surface area contributed by atoms with E-state index in [4.69, 9.17) is 23.1 Å². The van der Waals surface area contributed by atoms with E-state index >= 15 is 0 Å². The third-order valence-electron chi connectivity index (χ3n) is 12.5. The van der Waals surface area contributed by atoms with E-state index in [2.05, 4.69) is 74.9 Å². The summed E-state index contributed by atoms with van der Waals surface area (Å²) in [4.78, 5) is 18.3. The van der Waals surface area contributed by atoms with Crippen molar-refractivity contribution in [3.05, 3.63) is 246 Å². The van der Waals surface area contributed by atoms with Crippen molar-refractivity contribution >= 4 is 33.2 Å². The molecule has 11 aromatic rings. The molecule has 0 aliphatic rings. The second kappa shape index (κ2) is 17.7. The molecule has 9 aromatic carbocycles. The van der Waals surface area contributed by atoms with Gasteiger partial charge < -0.3 is 4.57 Å². The van der Waals surface area contributed by atoms with Crippen molar-refractivity contribution in [1.82, 2.24) is 14.5 Å². The summed E-state index contributed by atoms with van der Waals surface area (Å²) >= 11 is 0. The molecule has 69 heavy (non-hydrogen) atoms. The molecule has 0 radical (unpaired) electrons. The van der Waals surface area contributed by atoms with Crippen LogP contribution in [0, 0.1) is 35.8 Å². The predicted octanol–water partition coefficient (Wildman–Crippen LogP) is 16.1. The van der Waals surface area contributed by atoms with Crippen molar-refractivity contribution in [3.63, 3.8) is 0 Å². The molecule has 0 aliphatic heterocycles. The van der Waals surface area contributed by atoms with Crippen molar-refractivity contribution in [1.29, 1.82) is 10.5 Å². The summed E-state index contributed by atoms with van der Waals surface area (Å²) in [6.45, 7) is 16.1. The number of aromatic nitrogens is 3. The Labute approximate surface area is 399 Å². The van der Waals surface area contributed by atoms with Gasteiger partial charge in [0.05, 0.1) is 64.5 Å². The van der Waals surface area contributed by atoms with Crippen molar-refractivity contribution in [2.45, 2.75) is 0 Å². The molecule has 0 saturated carbocycles. The first-order valence-electron chi connectivity index (χ1n) is 22.2. The Morgan fingerprint density at radius 3 is 1.55 bits per heavy atom. The SMILES string of the molecule is [C-]#[N+]c1cccc(-c2cc(-c3nc(-c4ccccc4)cc(-c4ccccc4)n3)cc(-c3cccc(C#N)c3)c2-n2c3ccc(-c4ccccc4C#N)cc3c3cc(-c4ccccc4[N+]#[C-])ccc32)c1. The molecule has 0 aliphatic carbocycles. The third kappa shape index (κ3) is 7.61. The first-order valence-corrected chi connectivity index (χ1v) is 22.2. The Kier molecular flexibility index (Phi) is 10.6. The highest BCUT2D eigenvalue weighted by atomic mass is 15.0. The molecular weight excluding hydrogens is 843 g/mol. The van der Waals surface area contributed by atoms with Gasteiger partial charge in [-0.25, -0.2) is 19.7 Å². The van der Waals surface area contributed by atoms with E-state index in [0.29, 0.717) is 28.3 Å². The lowest BCUT2D eigenvalue weighted by Crippen LogP contribution is -2.03. The van der Waals surface area contributed by atoms with Gasteiger partial charge in [-0.1, -0.05) is 146 Å². The Morgan fingerprint density at radius 1 is 0.406 bits per heavy atom. The van der Waals surface area contributed by atoms with Gasteiger partial charge in [0.25, 0.3) is 0 Å². The number of nitrogens with zero attached hydrogens (tertiary/aromatic N) is 7. The molecule has 0 amide bonds. The highest BCUT2D eigenvalue weighted by molar-refractivity contribution is 6.13. The summed E-state index contributed by atoms with van der Waals surface area (Å²) in [5.41, 5.74) is 15.5. The van der Waals surface area contributed by atoms with Crippen LogP contribution in [0.1, 0.15) is 11.1 Å². The van der Waals surface area contributed by atoms with Crippen LogP contribution in [0.25, 0.3) is 116 Å². The number of fused-ring (bicyclic) bond motifs is 3. The van der Waals surface area contributed by atoms with Crippen LogP contribution in [-0.2, 0) is 0 Å².